The highest BCUT2D eigenvalue weighted by molar-refractivity contribution is 7.92. The summed E-state index contributed by atoms with van der Waals surface area (Å²) in [5.74, 6) is -0.801. The van der Waals surface area contributed by atoms with Gasteiger partial charge < -0.3 is 10.2 Å². The van der Waals surface area contributed by atoms with Crippen LogP contribution >= 0.6 is 0 Å². The summed E-state index contributed by atoms with van der Waals surface area (Å²) in [5.41, 5.74) is 0.296. The summed E-state index contributed by atoms with van der Waals surface area (Å²) < 4.78 is 40.8. The van der Waals surface area contributed by atoms with Crippen molar-refractivity contribution in [2.45, 2.75) is 23.8 Å². The van der Waals surface area contributed by atoms with Crippen molar-refractivity contribution in [1.82, 2.24) is 10.2 Å². The summed E-state index contributed by atoms with van der Waals surface area (Å²) in [6.07, 6.45) is 1.78. The molecule has 1 amide bonds. The first-order valence-electron chi connectivity index (χ1n) is 8.74. The molecule has 0 unspecified atom stereocenters. The number of hydrogen-bond donors (Lipinski definition) is 2. The van der Waals surface area contributed by atoms with Gasteiger partial charge in [-0.05, 0) is 62.3 Å². The number of nitrogens with zero attached hydrogens (tertiary/aromatic N) is 1. The topological polar surface area (TPSA) is 78.5 Å². The number of sulfonamides is 1. The van der Waals surface area contributed by atoms with Crippen molar-refractivity contribution < 1.29 is 17.6 Å². The smallest absolute Gasteiger partial charge is 0.261 e. The van der Waals surface area contributed by atoms with Crippen LogP contribution in [0.1, 0.15) is 23.2 Å². The first-order chi connectivity index (χ1) is 12.9. The first-order valence-corrected chi connectivity index (χ1v) is 10.2. The Hall–Kier alpha value is -2.45. The van der Waals surface area contributed by atoms with E-state index in [1.165, 1.54) is 42.5 Å². The zero-order chi connectivity index (χ0) is 19.4. The molecule has 1 fully saturated rings. The Kier molecular flexibility index (Phi) is 5.76. The van der Waals surface area contributed by atoms with Gasteiger partial charge in [0.1, 0.15) is 5.82 Å². The van der Waals surface area contributed by atoms with Gasteiger partial charge in [0, 0.05) is 18.7 Å². The lowest BCUT2D eigenvalue weighted by Crippen LogP contribution is -2.43. The zero-order valence-corrected chi connectivity index (χ0v) is 15.8. The van der Waals surface area contributed by atoms with Crippen LogP contribution in [0.3, 0.4) is 0 Å². The van der Waals surface area contributed by atoms with E-state index in [4.69, 9.17) is 0 Å². The summed E-state index contributed by atoms with van der Waals surface area (Å²) in [4.78, 5) is 14.3. The van der Waals surface area contributed by atoms with Crippen LogP contribution in [0.5, 0.6) is 0 Å². The van der Waals surface area contributed by atoms with Gasteiger partial charge in [-0.2, -0.15) is 0 Å². The molecular weight excluding hydrogens is 369 g/mol. The molecule has 0 radical (unpaired) electrons. The molecule has 0 atom stereocenters. The maximum absolute atomic E-state index is 13.7. The van der Waals surface area contributed by atoms with E-state index in [2.05, 4.69) is 10.0 Å². The minimum Gasteiger partial charge on any atom is -0.339 e. The minimum absolute atomic E-state index is 0.0353. The second kappa shape index (κ2) is 8.06. The fourth-order valence-corrected chi connectivity index (χ4v) is 4.16. The molecule has 0 bridgehead atoms. The van der Waals surface area contributed by atoms with Crippen LogP contribution in [0, 0.1) is 5.82 Å². The first kappa shape index (κ1) is 19.3. The minimum atomic E-state index is -3.94. The number of carbonyl (C=O) groups is 1. The van der Waals surface area contributed by atoms with Gasteiger partial charge in [-0.15, -0.1) is 0 Å². The molecule has 0 aliphatic carbocycles. The van der Waals surface area contributed by atoms with Gasteiger partial charge in [0.25, 0.3) is 15.9 Å². The van der Waals surface area contributed by atoms with E-state index in [1.54, 1.807) is 18.0 Å². The number of amides is 1. The Morgan fingerprint density at radius 2 is 1.74 bits per heavy atom. The maximum atomic E-state index is 13.7. The predicted octanol–water partition coefficient (Wildman–Crippen LogP) is 2.45. The third kappa shape index (κ3) is 4.45. The number of anilines is 1. The number of halogens is 1. The quantitative estimate of drug-likeness (QED) is 0.821. The highest BCUT2D eigenvalue weighted by Gasteiger charge is 2.23. The molecule has 8 heteroatoms. The van der Waals surface area contributed by atoms with Gasteiger partial charge >= 0.3 is 0 Å². The fourth-order valence-electron chi connectivity index (χ4n) is 3.09. The van der Waals surface area contributed by atoms with Crippen molar-refractivity contribution in [2.24, 2.45) is 0 Å². The Morgan fingerprint density at radius 1 is 1.11 bits per heavy atom. The molecule has 2 aromatic rings. The number of rotatable bonds is 5. The molecule has 2 aromatic carbocycles. The van der Waals surface area contributed by atoms with Crippen LogP contribution in [-0.4, -0.2) is 45.4 Å². The van der Waals surface area contributed by atoms with E-state index in [9.17, 15) is 17.6 Å². The summed E-state index contributed by atoms with van der Waals surface area (Å²) in [7, 11) is -2.18. The lowest BCUT2D eigenvalue weighted by molar-refractivity contribution is 0.0703. The van der Waals surface area contributed by atoms with Gasteiger partial charge in [-0.25, -0.2) is 12.8 Å². The van der Waals surface area contributed by atoms with Crippen LogP contribution in [-0.2, 0) is 10.0 Å². The van der Waals surface area contributed by atoms with E-state index in [1.807, 2.05) is 0 Å². The molecule has 27 heavy (non-hydrogen) atoms. The van der Waals surface area contributed by atoms with Crippen molar-refractivity contribution in [3.63, 3.8) is 0 Å². The summed E-state index contributed by atoms with van der Waals surface area (Å²) in [6, 6.07) is 11.4. The summed E-state index contributed by atoms with van der Waals surface area (Å²) in [5, 5.41) is 3.26. The van der Waals surface area contributed by atoms with Gasteiger partial charge in [0.15, 0.2) is 0 Å². The van der Waals surface area contributed by atoms with Crippen molar-refractivity contribution in [2.75, 3.05) is 24.9 Å². The van der Waals surface area contributed by atoms with Gasteiger partial charge in [0.05, 0.1) is 10.6 Å². The largest absolute Gasteiger partial charge is 0.339 e. The molecule has 1 heterocycles. The van der Waals surface area contributed by atoms with Crippen LogP contribution in [0.2, 0.25) is 0 Å². The van der Waals surface area contributed by atoms with Crippen LogP contribution in [0.15, 0.2) is 53.4 Å². The summed E-state index contributed by atoms with van der Waals surface area (Å²) >= 11 is 0. The number of hydrogen-bond acceptors (Lipinski definition) is 4. The Morgan fingerprint density at radius 3 is 2.37 bits per heavy atom. The molecule has 144 valence electrons. The number of carbonyl (C=O) groups excluding carboxylic acids is 1. The highest BCUT2D eigenvalue weighted by Crippen LogP contribution is 2.20. The van der Waals surface area contributed by atoms with E-state index in [0.717, 1.165) is 25.9 Å². The van der Waals surface area contributed by atoms with Gasteiger partial charge in [0.2, 0.25) is 0 Å². The molecule has 0 aromatic heterocycles. The standard InChI is InChI=1S/C19H22FN3O3S/c1-23(15-10-12-21-13-11-15)19(24)14-6-8-16(9-7-14)27(25,26)22-18-5-3-2-4-17(18)20/h2-9,15,21-22H,10-13H2,1H3. The average molecular weight is 391 g/mol. The molecular formula is C19H22FN3O3S. The Balaban J connectivity index is 1.74. The molecule has 0 saturated carbocycles. The molecule has 1 saturated heterocycles. The third-order valence-electron chi connectivity index (χ3n) is 4.71. The van der Waals surface area contributed by atoms with E-state index >= 15 is 0 Å². The van der Waals surface area contributed by atoms with Crippen molar-refractivity contribution in [3.8, 4) is 0 Å². The number of nitrogens with one attached hydrogen (secondary N) is 2. The van der Waals surface area contributed by atoms with Crippen LogP contribution in [0.4, 0.5) is 10.1 Å². The van der Waals surface area contributed by atoms with Crippen molar-refractivity contribution in [3.05, 3.63) is 59.9 Å². The second-order valence-corrected chi connectivity index (χ2v) is 8.19. The van der Waals surface area contributed by atoms with Gasteiger partial charge in [-0.3, -0.25) is 9.52 Å². The second-order valence-electron chi connectivity index (χ2n) is 6.51. The number of piperidine rings is 1. The Bertz CT molecular complexity index is 910. The highest BCUT2D eigenvalue weighted by atomic mass is 32.2. The SMILES string of the molecule is CN(C(=O)c1ccc(S(=O)(=O)Nc2ccccc2F)cc1)C1CCNCC1. The van der Waals surface area contributed by atoms with Gasteiger partial charge in [-0.1, -0.05) is 12.1 Å². The monoisotopic (exact) mass is 391 g/mol. The molecule has 3 rings (SSSR count). The van der Waals surface area contributed by atoms with E-state index in [-0.39, 0.29) is 22.5 Å². The van der Waals surface area contributed by atoms with E-state index < -0.39 is 15.8 Å². The lowest BCUT2D eigenvalue weighted by atomic mass is 10.0. The predicted molar refractivity (Wildman–Crippen MR) is 102 cm³/mol. The lowest BCUT2D eigenvalue weighted by Gasteiger charge is -2.31. The molecule has 1 aliphatic heterocycles. The number of benzene rings is 2. The van der Waals surface area contributed by atoms with Crippen molar-refractivity contribution >= 4 is 21.6 Å². The summed E-state index contributed by atoms with van der Waals surface area (Å²) in [6.45, 7) is 1.75. The zero-order valence-electron chi connectivity index (χ0n) is 15.0. The molecule has 6 nitrogen and oxygen atoms in total. The molecule has 1 aliphatic rings. The van der Waals surface area contributed by atoms with Crippen molar-refractivity contribution in [1.29, 1.82) is 0 Å². The fraction of sp³-hybridized carbons (Fsp3) is 0.316. The van der Waals surface area contributed by atoms with E-state index in [0.29, 0.717) is 5.56 Å². The maximum Gasteiger partial charge on any atom is 0.261 e. The van der Waals surface area contributed by atoms with Crippen LogP contribution < -0.4 is 10.0 Å². The average Bonchev–Trinajstić information content (AvgIpc) is 2.69. The number of para-hydroxylation sites is 1. The normalized spacial score (nSPS) is 15.3. The molecule has 2 N–H and O–H groups in total. The van der Waals surface area contributed by atoms with Crippen LogP contribution in [0.25, 0.3) is 0 Å². The third-order valence-corrected chi connectivity index (χ3v) is 6.09. The Labute approximate surface area is 158 Å². The molecule has 0 spiro atoms.